The molecule has 1 aromatic heterocycles. The summed E-state index contributed by atoms with van der Waals surface area (Å²) in [6, 6.07) is 6.38. The van der Waals surface area contributed by atoms with Crippen molar-refractivity contribution >= 4 is 16.8 Å². The molecule has 21 heavy (non-hydrogen) atoms. The minimum Gasteiger partial charge on any atom is -0.350 e. The molecule has 3 nitrogen and oxygen atoms in total. The van der Waals surface area contributed by atoms with Crippen molar-refractivity contribution < 1.29 is 4.79 Å². The van der Waals surface area contributed by atoms with Crippen molar-refractivity contribution in [1.82, 2.24) is 10.3 Å². The molecular weight excluding hydrogens is 260 g/mol. The van der Waals surface area contributed by atoms with Crippen LogP contribution in [0.25, 0.3) is 10.9 Å². The van der Waals surface area contributed by atoms with Gasteiger partial charge in [-0.15, -0.1) is 0 Å². The molecule has 0 aliphatic heterocycles. The highest BCUT2D eigenvalue weighted by atomic mass is 16.1. The summed E-state index contributed by atoms with van der Waals surface area (Å²) in [5, 5.41) is 4.12. The summed E-state index contributed by atoms with van der Waals surface area (Å²) in [7, 11) is 0. The highest BCUT2D eigenvalue weighted by molar-refractivity contribution is 6.08. The summed E-state index contributed by atoms with van der Waals surface area (Å²) < 4.78 is 0. The maximum absolute atomic E-state index is 12.8. The molecule has 1 aliphatic carbocycles. The van der Waals surface area contributed by atoms with E-state index in [1.165, 1.54) is 5.56 Å². The van der Waals surface area contributed by atoms with Gasteiger partial charge in [-0.25, -0.2) is 0 Å². The van der Waals surface area contributed by atoms with E-state index < -0.39 is 0 Å². The van der Waals surface area contributed by atoms with Crippen molar-refractivity contribution in [3.8, 4) is 0 Å². The molecular formula is C18H22N2O. The number of benzene rings is 1. The van der Waals surface area contributed by atoms with Gasteiger partial charge in [0.25, 0.3) is 5.91 Å². The zero-order valence-corrected chi connectivity index (χ0v) is 13.0. The van der Waals surface area contributed by atoms with E-state index in [2.05, 4.69) is 31.3 Å². The van der Waals surface area contributed by atoms with E-state index >= 15 is 0 Å². The second-order valence-electron chi connectivity index (χ2n) is 6.07. The molecule has 0 fully saturated rings. The highest BCUT2D eigenvalue weighted by Crippen LogP contribution is 2.30. The molecule has 0 bridgehead atoms. The van der Waals surface area contributed by atoms with E-state index in [-0.39, 0.29) is 11.9 Å². The number of aromatic nitrogens is 1. The van der Waals surface area contributed by atoms with Crippen molar-refractivity contribution in [1.29, 1.82) is 0 Å². The Bertz CT molecular complexity index is 706. The molecule has 3 rings (SSSR count). The number of nitrogens with zero attached hydrogens (tertiary/aromatic N) is 1. The van der Waals surface area contributed by atoms with Gasteiger partial charge >= 0.3 is 0 Å². The average molecular weight is 282 g/mol. The lowest BCUT2D eigenvalue weighted by atomic mass is 9.99. The average Bonchev–Trinajstić information content (AvgIpc) is 2.92. The van der Waals surface area contributed by atoms with Gasteiger partial charge in [0, 0.05) is 17.1 Å². The Morgan fingerprint density at radius 1 is 1.38 bits per heavy atom. The van der Waals surface area contributed by atoms with Crippen LogP contribution in [-0.4, -0.2) is 16.9 Å². The maximum atomic E-state index is 12.8. The third kappa shape index (κ3) is 2.53. The van der Waals surface area contributed by atoms with Gasteiger partial charge < -0.3 is 5.32 Å². The van der Waals surface area contributed by atoms with Gasteiger partial charge in [0.05, 0.1) is 11.1 Å². The molecule has 1 amide bonds. The number of amides is 1. The normalized spacial score (nSPS) is 15.0. The second-order valence-corrected chi connectivity index (χ2v) is 6.07. The van der Waals surface area contributed by atoms with Crippen LogP contribution in [0.4, 0.5) is 0 Å². The second kappa shape index (κ2) is 5.47. The summed E-state index contributed by atoms with van der Waals surface area (Å²) >= 11 is 0. The summed E-state index contributed by atoms with van der Waals surface area (Å²) in [5.41, 5.74) is 5.24. The van der Waals surface area contributed by atoms with Crippen LogP contribution in [0.15, 0.2) is 18.2 Å². The number of carbonyl (C=O) groups excluding carboxylic acids is 1. The number of hydrogen-bond acceptors (Lipinski definition) is 2. The molecule has 0 saturated heterocycles. The van der Waals surface area contributed by atoms with Crippen LogP contribution < -0.4 is 5.32 Å². The van der Waals surface area contributed by atoms with E-state index in [1.54, 1.807) is 0 Å². The van der Waals surface area contributed by atoms with E-state index in [1.807, 2.05) is 13.0 Å². The van der Waals surface area contributed by atoms with Gasteiger partial charge in [-0.05, 0) is 57.2 Å². The van der Waals surface area contributed by atoms with Crippen LogP contribution in [0.3, 0.4) is 0 Å². The van der Waals surface area contributed by atoms with Gasteiger partial charge in [0.15, 0.2) is 0 Å². The zero-order chi connectivity index (χ0) is 15.0. The predicted molar refractivity (Wildman–Crippen MR) is 85.7 cm³/mol. The topological polar surface area (TPSA) is 42.0 Å². The minimum atomic E-state index is 0.0560. The maximum Gasteiger partial charge on any atom is 0.252 e. The Labute approximate surface area is 125 Å². The standard InChI is InChI=1S/C18H22N2O/c1-4-12(3)19-18(21)17-13-6-5-7-15(13)20-16-9-8-11(2)10-14(16)17/h8-10,12H,4-7H2,1-3H3,(H,19,21). The van der Waals surface area contributed by atoms with Crippen molar-refractivity contribution in [2.24, 2.45) is 0 Å². The molecule has 1 N–H and O–H groups in total. The largest absolute Gasteiger partial charge is 0.350 e. The molecule has 3 heteroatoms. The highest BCUT2D eigenvalue weighted by Gasteiger charge is 2.24. The Balaban J connectivity index is 2.18. The van der Waals surface area contributed by atoms with Crippen molar-refractivity contribution in [3.63, 3.8) is 0 Å². The van der Waals surface area contributed by atoms with Crippen molar-refractivity contribution in [3.05, 3.63) is 40.6 Å². The molecule has 1 aliphatic rings. The number of nitrogens with one attached hydrogen (secondary N) is 1. The summed E-state index contributed by atoms with van der Waals surface area (Å²) in [6.45, 7) is 6.19. The van der Waals surface area contributed by atoms with Gasteiger partial charge in [-0.1, -0.05) is 18.6 Å². The SMILES string of the molecule is CCC(C)NC(=O)c1c2c(nc3ccc(C)cc13)CCC2. The first-order valence-corrected chi connectivity index (χ1v) is 7.83. The summed E-state index contributed by atoms with van der Waals surface area (Å²) in [6.07, 6.45) is 4.00. The van der Waals surface area contributed by atoms with E-state index in [9.17, 15) is 4.79 Å². The third-order valence-electron chi connectivity index (χ3n) is 4.38. The van der Waals surface area contributed by atoms with Gasteiger partial charge in [-0.2, -0.15) is 0 Å². The molecule has 2 aromatic rings. The lowest BCUT2D eigenvalue weighted by Crippen LogP contribution is -2.32. The molecule has 0 saturated carbocycles. The lowest BCUT2D eigenvalue weighted by molar-refractivity contribution is 0.0940. The number of pyridine rings is 1. The monoisotopic (exact) mass is 282 g/mol. The fourth-order valence-electron chi connectivity index (χ4n) is 3.03. The van der Waals surface area contributed by atoms with Crippen LogP contribution in [0.5, 0.6) is 0 Å². The molecule has 1 atom stereocenters. The molecule has 1 heterocycles. The summed E-state index contributed by atoms with van der Waals surface area (Å²) in [5.74, 6) is 0.0560. The van der Waals surface area contributed by atoms with Gasteiger partial charge in [-0.3, -0.25) is 9.78 Å². The quantitative estimate of drug-likeness (QED) is 0.935. The lowest BCUT2D eigenvalue weighted by Gasteiger charge is -2.16. The van der Waals surface area contributed by atoms with Crippen LogP contribution in [0, 0.1) is 6.92 Å². The first-order chi connectivity index (χ1) is 10.1. The summed E-state index contributed by atoms with van der Waals surface area (Å²) in [4.78, 5) is 17.5. The number of fused-ring (bicyclic) bond motifs is 2. The van der Waals surface area contributed by atoms with Crippen molar-refractivity contribution in [2.45, 2.75) is 52.5 Å². The predicted octanol–water partition coefficient (Wildman–Crippen LogP) is 3.56. The molecule has 110 valence electrons. The number of rotatable bonds is 3. The Morgan fingerprint density at radius 3 is 2.95 bits per heavy atom. The van der Waals surface area contributed by atoms with Gasteiger partial charge in [0.1, 0.15) is 0 Å². The number of carbonyl (C=O) groups is 1. The fourth-order valence-corrected chi connectivity index (χ4v) is 3.03. The van der Waals surface area contributed by atoms with E-state index in [0.29, 0.717) is 0 Å². The van der Waals surface area contributed by atoms with Crippen molar-refractivity contribution in [2.75, 3.05) is 0 Å². The Hall–Kier alpha value is -1.90. The first kappa shape index (κ1) is 14.1. The smallest absolute Gasteiger partial charge is 0.252 e. The first-order valence-electron chi connectivity index (χ1n) is 7.83. The van der Waals surface area contributed by atoms with Crippen LogP contribution >= 0.6 is 0 Å². The Kier molecular flexibility index (Phi) is 3.66. The van der Waals surface area contributed by atoms with Gasteiger partial charge in [0.2, 0.25) is 0 Å². The van der Waals surface area contributed by atoms with E-state index in [0.717, 1.165) is 53.4 Å². The molecule has 0 radical (unpaired) electrons. The van der Waals surface area contributed by atoms with Crippen LogP contribution in [0.1, 0.15) is 53.9 Å². The number of hydrogen-bond donors (Lipinski definition) is 1. The zero-order valence-electron chi connectivity index (χ0n) is 13.0. The minimum absolute atomic E-state index is 0.0560. The van der Waals surface area contributed by atoms with Crippen LogP contribution in [-0.2, 0) is 12.8 Å². The molecule has 1 aromatic carbocycles. The van der Waals surface area contributed by atoms with Crippen LogP contribution in [0.2, 0.25) is 0 Å². The molecule has 0 spiro atoms. The fraction of sp³-hybridized carbons (Fsp3) is 0.444. The third-order valence-corrected chi connectivity index (χ3v) is 4.38. The molecule has 1 unspecified atom stereocenters. The number of aryl methyl sites for hydroxylation is 2. The van der Waals surface area contributed by atoms with E-state index in [4.69, 9.17) is 4.98 Å². The Morgan fingerprint density at radius 2 is 2.19 bits per heavy atom.